The molecule has 1 aliphatic rings. The molecule has 0 unspecified atom stereocenters. The standard InChI is InChI=1S/C12H21N3/c1-12(2,3)6-10-14-9(7-13)11(15-10)8-4-5-8/h8H,4-7,13H2,1-3H3,(H,14,15). The minimum absolute atomic E-state index is 0.282. The highest BCUT2D eigenvalue weighted by molar-refractivity contribution is 5.23. The number of imidazole rings is 1. The van der Waals surface area contributed by atoms with Crippen molar-refractivity contribution in [1.29, 1.82) is 0 Å². The molecule has 1 heterocycles. The molecule has 0 radical (unpaired) electrons. The highest BCUT2D eigenvalue weighted by atomic mass is 15.0. The van der Waals surface area contributed by atoms with Gasteiger partial charge < -0.3 is 10.7 Å². The number of nitrogens with two attached hydrogens (primary N) is 1. The van der Waals surface area contributed by atoms with Gasteiger partial charge in [-0.05, 0) is 18.3 Å². The molecule has 0 amide bonds. The van der Waals surface area contributed by atoms with Gasteiger partial charge in [-0.2, -0.15) is 0 Å². The van der Waals surface area contributed by atoms with Crippen molar-refractivity contribution in [3.63, 3.8) is 0 Å². The van der Waals surface area contributed by atoms with Crippen LogP contribution < -0.4 is 5.73 Å². The van der Waals surface area contributed by atoms with E-state index in [2.05, 4.69) is 25.8 Å². The Balaban J connectivity index is 2.19. The summed E-state index contributed by atoms with van der Waals surface area (Å²) in [6.45, 7) is 7.28. The average molecular weight is 207 g/mol. The molecule has 0 aromatic carbocycles. The fourth-order valence-corrected chi connectivity index (χ4v) is 1.92. The molecular weight excluding hydrogens is 186 g/mol. The van der Waals surface area contributed by atoms with Crippen LogP contribution in [0.5, 0.6) is 0 Å². The Bertz CT molecular complexity index is 342. The molecule has 84 valence electrons. The van der Waals surface area contributed by atoms with Crippen molar-refractivity contribution in [2.45, 2.75) is 52.5 Å². The van der Waals surface area contributed by atoms with Crippen molar-refractivity contribution >= 4 is 0 Å². The van der Waals surface area contributed by atoms with Gasteiger partial charge in [0.1, 0.15) is 5.82 Å². The summed E-state index contributed by atoms with van der Waals surface area (Å²) < 4.78 is 0. The number of aromatic nitrogens is 2. The summed E-state index contributed by atoms with van der Waals surface area (Å²) in [4.78, 5) is 8.07. The minimum Gasteiger partial charge on any atom is -0.345 e. The number of H-pyrrole nitrogens is 1. The predicted molar refractivity (Wildman–Crippen MR) is 61.6 cm³/mol. The third-order valence-electron chi connectivity index (χ3n) is 2.73. The van der Waals surface area contributed by atoms with Crippen LogP contribution in [0, 0.1) is 5.41 Å². The number of aromatic amines is 1. The Morgan fingerprint density at radius 1 is 1.40 bits per heavy atom. The van der Waals surface area contributed by atoms with Gasteiger partial charge >= 0.3 is 0 Å². The smallest absolute Gasteiger partial charge is 0.107 e. The van der Waals surface area contributed by atoms with Gasteiger partial charge in [-0.15, -0.1) is 0 Å². The maximum Gasteiger partial charge on any atom is 0.107 e. The fourth-order valence-electron chi connectivity index (χ4n) is 1.92. The molecule has 3 N–H and O–H groups in total. The van der Waals surface area contributed by atoms with E-state index >= 15 is 0 Å². The topological polar surface area (TPSA) is 54.7 Å². The third-order valence-corrected chi connectivity index (χ3v) is 2.73. The van der Waals surface area contributed by atoms with Gasteiger partial charge in [0.2, 0.25) is 0 Å². The first-order valence-corrected chi connectivity index (χ1v) is 5.77. The van der Waals surface area contributed by atoms with Crippen LogP contribution in [0.4, 0.5) is 0 Å². The molecule has 0 aliphatic heterocycles. The van der Waals surface area contributed by atoms with E-state index < -0.39 is 0 Å². The molecule has 1 fully saturated rings. The van der Waals surface area contributed by atoms with E-state index in [1.807, 2.05) is 0 Å². The minimum atomic E-state index is 0.282. The van der Waals surface area contributed by atoms with Crippen LogP contribution >= 0.6 is 0 Å². The lowest BCUT2D eigenvalue weighted by Gasteiger charge is -2.15. The summed E-state index contributed by atoms with van der Waals surface area (Å²) in [6, 6.07) is 0. The molecule has 3 nitrogen and oxygen atoms in total. The quantitative estimate of drug-likeness (QED) is 0.799. The van der Waals surface area contributed by atoms with Crippen LogP contribution in [0.1, 0.15) is 56.7 Å². The van der Waals surface area contributed by atoms with Gasteiger partial charge in [-0.3, -0.25) is 0 Å². The first-order chi connectivity index (χ1) is 6.99. The summed E-state index contributed by atoms with van der Waals surface area (Å²) in [5.74, 6) is 1.79. The lowest BCUT2D eigenvalue weighted by Crippen LogP contribution is -2.10. The van der Waals surface area contributed by atoms with Crippen LogP contribution in [0.25, 0.3) is 0 Å². The van der Waals surface area contributed by atoms with Gasteiger partial charge in [-0.1, -0.05) is 20.8 Å². The second kappa shape index (κ2) is 3.63. The van der Waals surface area contributed by atoms with E-state index in [0.29, 0.717) is 12.5 Å². The molecule has 0 spiro atoms. The van der Waals surface area contributed by atoms with E-state index in [1.165, 1.54) is 18.5 Å². The molecule has 1 saturated carbocycles. The van der Waals surface area contributed by atoms with Crippen molar-refractivity contribution in [2.24, 2.45) is 11.1 Å². The summed E-state index contributed by atoms with van der Waals surface area (Å²) in [5.41, 5.74) is 8.39. The van der Waals surface area contributed by atoms with Crippen molar-refractivity contribution in [2.75, 3.05) is 0 Å². The number of hydrogen-bond acceptors (Lipinski definition) is 2. The predicted octanol–water partition coefficient (Wildman–Crippen LogP) is 2.33. The van der Waals surface area contributed by atoms with Gasteiger partial charge in [-0.25, -0.2) is 4.98 Å². The normalized spacial score (nSPS) is 17.1. The molecule has 0 saturated heterocycles. The van der Waals surface area contributed by atoms with Gasteiger partial charge in [0.15, 0.2) is 0 Å². The molecule has 15 heavy (non-hydrogen) atoms. The van der Waals surface area contributed by atoms with Crippen LogP contribution in [0.15, 0.2) is 0 Å². The van der Waals surface area contributed by atoms with Gasteiger partial charge in [0.05, 0.1) is 11.4 Å². The largest absolute Gasteiger partial charge is 0.345 e. The first-order valence-electron chi connectivity index (χ1n) is 5.77. The van der Waals surface area contributed by atoms with E-state index in [1.54, 1.807) is 0 Å². The molecule has 1 aromatic heterocycles. The van der Waals surface area contributed by atoms with Crippen molar-refractivity contribution < 1.29 is 0 Å². The number of nitrogens with zero attached hydrogens (tertiary/aromatic N) is 1. The monoisotopic (exact) mass is 207 g/mol. The lowest BCUT2D eigenvalue weighted by atomic mass is 9.92. The van der Waals surface area contributed by atoms with Crippen LogP contribution in [0.2, 0.25) is 0 Å². The lowest BCUT2D eigenvalue weighted by molar-refractivity contribution is 0.401. The van der Waals surface area contributed by atoms with E-state index in [0.717, 1.165) is 17.9 Å². The van der Waals surface area contributed by atoms with E-state index in [4.69, 9.17) is 10.7 Å². The zero-order valence-electron chi connectivity index (χ0n) is 9.93. The van der Waals surface area contributed by atoms with E-state index in [-0.39, 0.29) is 5.41 Å². The maximum atomic E-state index is 5.72. The summed E-state index contributed by atoms with van der Waals surface area (Å²) in [7, 11) is 0. The summed E-state index contributed by atoms with van der Waals surface area (Å²) >= 11 is 0. The molecule has 1 aromatic rings. The van der Waals surface area contributed by atoms with Crippen LogP contribution in [-0.4, -0.2) is 9.97 Å². The Kier molecular flexibility index (Phi) is 2.59. The number of nitrogens with one attached hydrogen (secondary N) is 1. The third kappa shape index (κ3) is 2.59. The molecule has 1 aliphatic carbocycles. The van der Waals surface area contributed by atoms with Crippen molar-refractivity contribution in [3.8, 4) is 0 Å². The first kappa shape index (κ1) is 10.7. The number of rotatable bonds is 3. The highest BCUT2D eigenvalue weighted by Crippen LogP contribution is 2.40. The van der Waals surface area contributed by atoms with Crippen molar-refractivity contribution in [1.82, 2.24) is 9.97 Å². The second-order valence-corrected chi connectivity index (χ2v) is 5.76. The van der Waals surface area contributed by atoms with E-state index in [9.17, 15) is 0 Å². The maximum absolute atomic E-state index is 5.72. The zero-order valence-corrected chi connectivity index (χ0v) is 9.93. The second-order valence-electron chi connectivity index (χ2n) is 5.76. The Hall–Kier alpha value is -0.830. The molecule has 0 bridgehead atoms. The Morgan fingerprint density at radius 3 is 2.53 bits per heavy atom. The molecule has 0 atom stereocenters. The summed E-state index contributed by atoms with van der Waals surface area (Å²) in [5, 5.41) is 0. The molecule has 3 heteroatoms. The Labute approximate surface area is 91.5 Å². The SMILES string of the molecule is CC(C)(C)Cc1nc(C2CC2)c(CN)[nH]1. The molecular formula is C12H21N3. The van der Waals surface area contributed by atoms with Gasteiger partial charge in [0, 0.05) is 18.9 Å². The van der Waals surface area contributed by atoms with Crippen LogP contribution in [-0.2, 0) is 13.0 Å². The average Bonchev–Trinajstić information content (AvgIpc) is 2.86. The van der Waals surface area contributed by atoms with Gasteiger partial charge in [0.25, 0.3) is 0 Å². The molecule has 2 rings (SSSR count). The van der Waals surface area contributed by atoms with Crippen LogP contribution in [0.3, 0.4) is 0 Å². The number of hydrogen-bond donors (Lipinski definition) is 2. The van der Waals surface area contributed by atoms with Crippen molar-refractivity contribution in [3.05, 3.63) is 17.2 Å². The zero-order chi connectivity index (χ0) is 11.1. The summed E-state index contributed by atoms with van der Waals surface area (Å²) in [6.07, 6.45) is 3.56. The fraction of sp³-hybridized carbons (Fsp3) is 0.750. The Morgan fingerprint density at radius 2 is 2.07 bits per heavy atom. The highest BCUT2D eigenvalue weighted by Gasteiger charge is 2.29.